The quantitative estimate of drug-likeness (QED) is 0.264. The number of hydrogen-bond donors (Lipinski definition) is 2. The van der Waals surface area contributed by atoms with Crippen molar-refractivity contribution < 1.29 is 17.3 Å². The maximum absolute atomic E-state index is 13.8. The minimum Gasteiger partial charge on any atom is -0.359 e. The van der Waals surface area contributed by atoms with E-state index in [-0.39, 0.29) is 47.7 Å². The third-order valence-electron chi connectivity index (χ3n) is 4.55. The number of guanidine groups is 1. The zero-order chi connectivity index (χ0) is 21.3. The Morgan fingerprint density at radius 3 is 2.53 bits per heavy atom. The Morgan fingerprint density at radius 1 is 1.20 bits per heavy atom. The Kier molecular flexibility index (Phi) is 11.3. The maximum Gasteiger partial charge on any atom is 0.191 e. The lowest BCUT2D eigenvalue weighted by molar-refractivity contribution is 0.372. The molecule has 0 saturated heterocycles. The molecule has 0 atom stereocenters. The van der Waals surface area contributed by atoms with Crippen LogP contribution in [0.2, 0.25) is 0 Å². The van der Waals surface area contributed by atoms with Crippen LogP contribution in [0.3, 0.4) is 0 Å². The average Bonchev–Trinajstić information content (AvgIpc) is 3.16. The summed E-state index contributed by atoms with van der Waals surface area (Å²) in [5, 5.41) is 10.1. The first-order valence-electron chi connectivity index (χ1n) is 9.86. The monoisotopic (exact) mass is 552 g/mol. The second kappa shape index (κ2) is 12.9. The van der Waals surface area contributed by atoms with E-state index in [0.29, 0.717) is 24.2 Å². The van der Waals surface area contributed by atoms with Crippen molar-refractivity contribution in [1.82, 2.24) is 15.8 Å². The van der Waals surface area contributed by atoms with Crippen molar-refractivity contribution in [2.24, 2.45) is 4.99 Å². The standard InChI is InChI=1S/C20H29FN4O3S.HI/c1-4-15(5-2)18-13-16(28-25-18)14-24-20(22-6-3)23-11-12-29(26,27)19-10-8-7-9-17(19)21;/h7-10,13,15H,4-6,11-12,14H2,1-3H3,(H2,22,23,24);1H. The van der Waals surface area contributed by atoms with Gasteiger partial charge in [-0.05, 0) is 31.9 Å². The number of sulfone groups is 1. The zero-order valence-electron chi connectivity index (χ0n) is 17.5. The molecular weight excluding hydrogens is 522 g/mol. The van der Waals surface area contributed by atoms with Crippen LogP contribution in [-0.4, -0.2) is 38.4 Å². The van der Waals surface area contributed by atoms with Gasteiger partial charge in [0.15, 0.2) is 21.6 Å². The van der Waals surface area contributed by atoms with Crippen LogP contribution in [0.15, 0.2) is 44.7 Å². The van der Waals surface area contributed by atoms with Crippen LogP contribution < -0.4 is 10.6 Å². The number of aliphatic imine (C=N–C) groups is 1. The molecule has 2 rings (SSSR count). The fraction of sp³-hybridized carbons (Fsp3) is 0.500. The molecule has 0 spiro atoms. The van der Waals surface area contributed by atoms with E-state index in [1.165, 1.54) is 18.2 Å². The number of rotatable bonds is 10. The fourth-order valence-electron chi connectivity index (χ4n) is 2.91. The first-order chi connectivity index (χ1) is 13.9. The van der Waals surface area contributed by atoms with E-state index < -0.39 is 15.7 Å². The lowest BCUT2D eigenvalue weighted by Crippen LogP contribution is -2.39. The number of aromatic nitrogens is 1. The summed E-state index contributed by atoms with van der Waals surface area (Å²) in [6.07, 6.45) is 1.98. The summed E-state index contributed by atoms with van der Waals surface area (Å²) < 4.78 is 43.8. The summed E-state index contributed by atoms with van der Waals surface area (Å²) in [5.74, 6) is 0.470. The maximum atomic E-state index is 13.8. The van der Waals surface area contributed by atoms with Crippen molar-refractivity contribution in [1.29, 1.82) is 0 Å². The molecule has 0 amide bonds. The van der Waals surface area contributed by atoms with Crippen molar-refractivity contribution in [3.8, 4) is 0 Å². The summed E-state index contributed by atoms with van der Waals surface area (Å²) in [7, 11) is -3.73. The second-order valence-corrected chi connectivity index (χ2v) is 8.68. The third-order valence-corrected chi connectivity index (χ3v) is 6.30. The Morgan fingerprint density at radius 2 is 1.90 bits per heavy atom. The van der Waals surface area contributed by atoms with Crippen molar-refractivity contribution in [2.45, 2.75) is 51.0 Å². The number of halogens is 2. The van der Waals surface area contributed by atoms with Gasteiger partial charge in [-0.1, -0.05) is 31.1 Å². The highest BCUT2D eigenvalue weighted by Crippen LogP contribution is 2.22. The van der Waals surface area contributed by atoms with Gasteiger partial charge in [0, 0.05) is 25.1 Å². The SMILES string of the molecule is CCNC(=NCc1cc(C(CC)CC)no1)NCCS(=O)(=O)c1ccccc1F.I. The molecule has 0 radical (unpaired) electrons. The smallest absolute Gasteiger partial charge is 0.191 e. The third kappa shape index (κ3) is 7.53. The molecule has 0 aliphatic heterocycles. The summed E-state index contributed by atoms with van der Waals surface area (Å²) in [5.41, 5.74) is 0.925. The van der Waals surface area contributed by atoms with Gasteiger partial charge in [-0.3, -0.25) is 0 Å². The van der Waals surface area contributed by atoms with Crippen molar-refractivity contribution in [3.63, 3.8) is 0 Å². The molecule has 1 heterocycles. The van der Waals surface area contributed by atoms with Crippen LogP contribution in [0.25, 0.3) is 0 Å². The van der Waals surface area contributed by atoms with E-state index in [1.807, 2.05) is 13.0 Å². The molecule has 0 fully saturated rings. The molecule has 1 aromatic carbocycles. The summed E-state index contributed by atoms with van der Waals surface area (Å²) in [6.45, 7) is 7.13. The molecule has 0 bridgehead atoms. The fourth-order valence-corrected chi connectivity index (χ4v) is 4.15. The highest BCUT2D eigenvalue weighted by molar-refractivity contribution is 14.0. The second-order valence-electron chi connectivity index (χ2n) is 6.60. The van der Waals surface area contributed by atoms with E-state index in [2.05, 4.69) is 34.6 Å². The number of nitrogens with one attached hydrogen (secondary N) is 2. The van der Waals surface area contributed by atoms with Gasteiger partial charge in [-0.25, -0.2) is 17.8 Å². The van der Waals surface area contributed by atoms with Gasteiger partial charge in [0.2, 0.25) is 0 Å². The average molecular weight is 552 g/mol. The number of benzene rings is 1. The molecule has 2 N–H and O–H groups in total. The Balaban J connectivity index is 0.00000450. The van der Waals surface area contributed by atoms with Gasteiger partial charge in [0.1, 0.15) is 17.3 Å². The largest absolute Gasteiger partial charge is 0.359 e. The van der Waals surface area contributed by atoms with Crippen molar-refractivity contribution in [3.05, 3.63) is 47.6 Å². The Bertz CT molecular complexity index is 914. The van der Waals surface area contributed by atoms with Crippen LogP contribution in [0.5, 0.6) is 0 Å². The van der Waals surface area contributed by atoms with Crippen LogP contribution in [-0.2, 0) is 16.4 Å². The van der Waals surface area contributed by atoms with E-state index in [4.69, 9.17) is 4.52 Å². The van der Waals surface area contributed by atoms with Gasteiger partial charge >= 0.3 is 0 Å². The van der Waals surface area contributed by atoms with Gasteiger partial charge in [0.05, 0.1) is 11.4 Å². The highest BCUT2D eigenvalue weighted by atomic mass is 127. The van der Waals surface area contributed by atoms with Crippen LogP contribution in [0.4, 0.5) is 4.39 Å². The topological polar surface area (TPSA) is 96.6 Å². The van der Waals surface area contributed by atoms with Crippen molar-refractivity contribution >= 4 is 39.8 Å². The molecule has 168 valence electrons. The van der Waals surface area contributed by atoms with Gasteiger partial charge < -0.3 is 15.2 Å². The Hall–Kier alpha value is -1.69. The molecule has 10 heteroatoms. The molecule has 0 saturated carbocycles. The van der Waals surface area contributed by atoms with Crippen LogP contribution in [0.1, 0.15) is 51.0 Å². The number of hydrogen-bond acceptors (Lipinski definition) is 5. The van der Waals surface area contributed by atoms with Crippen LogP contribution in [0, 0.1) is 5.82 Å². The predicted molar refractivity (Wildman–Crippen MR) is 127 cm³/mol. The van der Waals surface area contributed by atoms with Crippen LogP contribution >= 0.6 is 24.0 Å². The minimum absolute atomic E-state index is 0. The number of nitrogens with zero attached hydrogens (tertiary/aromatic N) is 2. The van der Waals surface area contributed by atoms with Gasteiger partial charge in [0.25, 0.3) is 0 Å². The zero-order valence-corrected chi connectivity index (χ0v) is 20.7. The molecule has 0 unspecified atom stereocenters. The van der Waals surface area contributed by atoms with E-state index >= 15 is 0 Å². The summed E-state index contributed by atoms with van der Waals surface area (Å²) in [4.78, 5) is 4.12. The molecule has 1 aromatic heterocycles. The van der Waals surface area contributed by atoms with E-state index in [0.717, 1.165) is 24.6 Å². The van der Waals surface area contributed by atoms with E-state index in [1.54, 1.807) is 0 Å². The molecule has 0 aliphatic rings. The lowest BCUT2D eigenvalue weighted by Gasteiger charge is -2.11. The van der Waals surface area contributed by atoms with E-state index in [9.17, 15) is 12.8 Å². The molecule has 2 aromatic rings. The highest BCUT2D eigenvalue weighted by Gasteiger charge is 2.18. The Labute approximate surface area is 194 Å². The normalized spacial score (nSPS) is 12.0. The van der Waals surface area contributed by atoms with Gasteiger partial charge in [-0.2, -0.15) is 0 Å². The first kappa shape index (κ1) is 26.3. The molecule has 30 heavy (non-hydrogen) atoms. The van der Waals surface area contributed by atoms with Gasteiger partial charge in [-0.15, -0.1) is 24.0 Å². The molecule has 0 aliphatic carbocycles. The first-order valence-corrected chi connectivity index (χ1v) is 11.5. The molecular formula is C20H30FIN4O3S. The minimum atomic E-state index is -3.73. The summed E-state index contributed by atoms with van der Waals surface area (Å²) in [6, 6.07) is 7.28. The molecule has 7 nitrogen and oxygen atoms in total. The lowest BCUT2D eigenvalue weighted by atomic mass is 9.99. The summed E-state index contributed by atoms with van der Waals surface area (Å²) >= 11 is 0. The predicted octanol–water partition coefficient (Wildman–Crippen LogP) is 3.86. The van der Waals surface area contributed by atoms with Crippen molar-refractivity contribution in [2.75, 3.05) is 18.8 Å².